The van der Waals surface area contributed by atoms with Gasteiger partial charge in [0.2, 0.25) is 0 Å². The maximum absolute atomic E-state index is 11.9. The van der Waals surface area contributed by atoms with Crippen molar-refractivity contribution in [2.75, 3.05) is 6.61 Å². The van der Waals surface area contributed by atoms with Crippen LogP contribution in [0.3, 0.4) is 0 Å². The topological polar surface area (TPSA) is 79.1 Å². The first kappa shape index (κ1) is 17.9. The number of nitrogens with zero attached hydrogens (tertiary/aromatic N) is 1. The molecule has 0 saturated carbocycles. The van der Waals surface area contributed by atoms with Crippen LogP contribution in [0.5, 0.6) is 0 Å². The van der Waals surface area contributed by atoms with Crippen LogP contribution in [0, 0.1) is 0 Å². The summed E-state index contributed by atoms with van der Waals surface area (Å²) in [5.74, 6) is -0.647. The monoisotopic (exact) mass is 305 g/mol. The third kappa shape index (κ3) is 5.00. The minimum atomic E-state index is -0.674. The van der Waals surface area contributed by atoms with Crippen LogP contribution in [0.4, 0.5) is 5.69 Å². The molecule has 1 aromatic carbocycles. The summed E-state index contributed by atoms with van der Waals surface area (Å²) in [5, 5.41) is 19.7. The van der Waals surface area contributed by atoms with Gasteiger partial charge in [0.1, 0.15) is 11.3 Å². The second kappa shape index (κ2) is 9.00. The first-order valence-electron chi connectivity index (χ1n) is 7.41. The van der Waals surface area contributed by atoms with E-state index in [1.165, 1.54) is 6.21 Å². The minimum Gasteiger partial charge on any atom is -0.511 e. The van der Waals surface area contributed by atoms with E-state index in [1.54, 1.807) is 38.1 Å². The molecule has 0 aliphatic heterocycles. The Morgan fingerprint density at radius 1 is 1.36 bits per heavy atom. The first-order chi connectivity index (χ1) is 10.5. The zero-order valence-electron chi connectivity index (χ0n) is 13.2. The van der Waals surface area contributed by atoms with Crippen LogP contribution in [-0.2, 0) is 9.53 Å². The summed E-state index contributed by atoms with van der Waals surface area (Å²) in [7, 11) is 0. The highest BCUT2D eigenvalue weighted by Crippen LogP contribution is 2.25. The van der Waals surface area contributed by atoms with E-state index in [2.05, 4.69) is 4.99 Å². The minimum absolute atomic E-state index is 0.0424. The van der Waals surface area contributed by atoms with Crippen molar-refractivity contribution in [2.45, 2.75) is 39.7 Å². The van der Waals surface area contributed by atoms with Gasteiger partial charge in [0.05, 0.1) is 18.4 Å². The molecular weight excluding hydrogens is 282 g/mol. The summed E-state index contributed by atoms with van der Waals surface area (Å²) in [6, 6.07) is 7.09. The van der Waals surface area contributed by atoms with E-state index in [0.29, 0.717) is 24.1 Å². The fourth-order valence-corrected chi connectivity index (χ4v) is 1.92. The second-order valence-electron chi connectivity index (χ2n) is 4.82. The molecule has 0 amide bonds. The Morgan fingerprint density at radius 3 is 2.64 bits per heavy atom. The van der Waals surface area contributed by atoms with Crippen molar-refractivity contribution in [1.29, 1.82) is 0 Å². The quantitative estimate of drug-likeness (QED) is 0.349. The van der Waals surface area contributed by atoms with E-state index in [-0.39, 0.29) is 17.9 Å². The molecule has 0 aromatic heterocycles. The molecule has 1 aromatic rings. The number of aliphatic imine (C=N–C) groups is 1. The summed E-state index contributed by atoms with van der Waals surface area (Å²) < 4.78 is 4.94. The average Bonchev–Trinajstić information content (AvgIpc) is 2.48. The smallest absolute Gasteiger partial charge is 0.343 e. The van der Waals surface area contributed by atoms with Crippen LogP contribution >= 0.6 is 0 Å². The number of ether oxygens (including phenoxy) is 1. The molecule has 0 saturated heterocycles. The van der Waals surface area contributed by atoms with Gasteiger partial charge in [-0.3, -0.25) is 4.99 Å². The molecule has 0 aliphatic rings. The van der Waals surface area contributed by atoms with Crippen molar-refractivity contribution in [1.82, 2.24) is 0 Å². The van der Waals surface area contributed by atoms with E-state index in [9.17, 15) is 15.0 Å². The fourth-order valence-electron chi connectivity index (χ4n) is 1.92. The van der Waals surface area contributed by atoms with Gasteiger partial charge < -0.3 is 14.9 Å². The van der Waals surface area contributed by atoms with E-state index in [1.807, 2.05) is 6.92 Å². The highest BCUT2D eigenvalue weighted by molar-refractivity contribution is 6.10. The summed E-state index contributed by atoms with van der Waals surface area (Å²) >= 11 is 0. The molecule has 2 N–H and O–H groups in total. The fraction of sp³-hybridized carbons (Fsp3) is 0.412. The number of carbonyl (C=O) groups excluding carboxylic acids is 1. The van der Waals surface area contributed by atoms with Crippen molar-refractivity contribution >= 4 is 17.9 Å². The lowest BCUT2D eigenvalue weighted by molar-refractivity contribution is -0.138. The number of hydrogen-bond acceptors (Lipinski definition) is 5. The van der Waals surface area contributed by atoms with Crippen LogP contribution in [0.2, 0.25) is 0 Å². The summed E-state index contributed by atoms with van der Waals surface area (Å²) in [4.78, 5) is 16.1. The van der Waals surface area contributed by atoms with Crippen molar-refractivity contribution in [3.63, 3.8) is 0 Å². The highest BCUT2D eigenvalue weighted by Gasteiger charge is 2.14. The molecule has 1 rings (SSSR count). The van der Waals surface area contributed by atoms with E-state index >= 15 is 0 Å². The largest absolute Gasteiger partial charge is 0.511 e. The molecule has 5 heteroatoms. The third-order valence-electron chi connectivity index (χ3n) is 3.01. The van der Waals surface area contributed by atoms with E-state index in [0.717, 1.165) is 0 Å². The maximum Gasteiger partial charge on any atom is 0.343 e. The molecule has 0 radical (unpaired) electrons. The number of aliphatic hydroxyl groups is 2. The number of para-hydroxylation sites is 1. The predicted molar refractivity (Wildman–Crippen MR) is 86.4 cm³/mol. The number of aliphatic hydroxyl groups excluding tert-OH is 2. The van der Waals surface area contributed by atoms with Gasteiger partial charge in [-0.25, -0.2) is 4.79 Å². The van der Waals surface area contributed by atoms with E-state index in [4.69, 9.17) is 4.74 Å². The van der Waals surface area contributed by atoms with Gasteiger partial charge in [-0.1, -0.05) is 25.1 Å². The van der Waals surface area contributed by atoms with Gasteiger partial charge in [-0.05, 0) is 26.3 Å². The van der Waals surface area contributed by atoms with Gasteiger partial charge in [-0.15, -0.1) is 0 Å². The summed E-state index contributed by atoms with van der Waals surface area (Å²) in [5.41, 5.74) is 1.24. The molecule has 0 heterocycles. The number of benzene rings is 1. The summed E-state index contributed by atoms with van der Waals surface area (Å²) in [6.07, 6.45) is 1.70. The van der Waals surface area contributed by atoms with Crippen LogP contribution in [0.1, 0.15) is 45.3 Å². The number of carbonyl (C=O) groups is 1. The van der Waals surface area contributed by atoms with E-state index < -0.39 is 12.1 Å². The molecule has 0 bridgehead atoms. The van der Waals surface area contributed by atoms with Gasteiger partial charge >= 0.3 is 5.97 Å². The van der Waals surface area contributed by atoms with Crippen molar-refractivity contribution in [3.8, 4) is 0 Å². The number of allylic oxidation sites excluding steroid dienone is 1. The highest BCUT2D eigenvalue weighted by atomic mass is 16.5. The molecule has 120 valence electrons. The van der Waals surface area contributed by atoms with Crippen LogP contribution in [0.15, 0.2) is 40.6 Å². The second-order valence-corrected chi connectivity index (χ2v) is 4.82. The Morgan fingerprint density at radius 2 is 2.05 bits per heavy atom. The zero-order valence-corrected chi connectivity index (χ0v) is 13.2. The number of hydrogen-bond donors (Lipinski definition) is 2. The van der Waals surface area contributed by atoms with Crippen molar-refractivity contribution < 1.29 is 19.7 Å². The lowest BCUT2D eigenvalue weighted by Gasteiger charge is -2.09. The lowest BCUT2D eigenvalue weighted by atomic mass is 10.1. The third-order valence-corrected chi connectivity index (χ3v) is 3.01. The molecule has 0 fully saturated rings. The molecule has 1 unspecified atom stereocenters. The maximum atomic E-state index is 11.9. The Labute approximate surface area is 131 Å². The van der Waals surface area contributed by atoms with Crippen LogP contribution < -0.4 is 0 Å². The zero-order chi connectivity index (χ0) is 16.5. The number of esters is 1. The van der Waals surface area contributed by atoms with Crippen LogP contribution in [-0.4, -0.2) is 29.0 Å². The molecule has 22 heavy (non-hydrogen) atoms. The van der Waals surface area contributed by atoms with Crippen LogP contribution in [0.25, 0.3) is 0 Å². The van der Waals surface area contributed by atoms with Crippen molar-refractivity contribution in [2.24, 2.45) is 4.99 Å². The predicted octanol–water partition coefficient (Wildman–Crippen LogP) is 3.62. The molecule has 1 atom stereocenters. The summed E-state index contributed by atoms with van der Waals surface area (Å²) in [6.45, 7) is 5.47. The molecule has 0 spiro atoms. The Balaban J connectivity index is 3.14. The average molecular weight is 305 g/mol. The first-order valence-corrected chi connectivity index (χ1v) is 7.41. The van der Waals surface area contributed by atoms with Gasteiger partial charge in [0.25, 0.3) is 0 Å². The lowest BCUT2D eigenvalue weighted by Crippen LogP contribution is -2.11. The Bertz CT molecular complexity index is 562. The van der Waals surface area contributed by atoms with Gasteiger partial charge in [0, 0.05) is 18.2 Å². The standard InChI is InChI=1S/C17H23NO4/c1-4-8-16(20)14(17(21)22-5-2)11-18-15-10-7-6-9-13(15)12(3)19/h6-7,9-12,19-20H,4-5,8H2,1-3H3. The van der Waals surface area contributed by atoms with Gasteiger partial charge in [-0.2, -0.15) is 0 Å². The van der Waals surface area contributed by atoms with Crippen molar-refractivity contribution in [3.05, 3.63) is 41.2 Å². The normalized spacial score (nSPS) is 13.8. The number of rotatable bonds is 7. The Kier molecular flexibility index (Phi) is 7.32. The molecular formula is C17H23NO4. The molecule has 5 nitrogen and oxygen atoms in total. The van der Waals surface area contributed by atoms with Gasteiger partial charge in [0.15, 0.2) is 0 Å². The Hall–Kier alpha value is -2.14. The SMILES string of the molecule is CCCC(O)=C(C=Nc1ccccc1C(C)O)C(=O)OCC. The molecule has 0 aliphatic carbocycles.